The smallest absolute Gasteiger partial charge is 0.107 e. The van der Waals surface area contributed by atoms with Crippen LogP contribution in [0.1, 0.15) is 27.2 Å². The van der Waals surface area contributed by atoms with E-state index in [-0.39, 0.29) is 0 Å². The van der Waals surface area contributed by atoms with E-state index in [4.69, 9.17) is 0 Å². The summed E-state index contributed by atoms with van der Waals surface area (Å²) < 4.78 is 0. The van der Waals surface area contributed by atoms with Gasteiger partial charge in [0.05, 0.1) is 0 Å². The summed E-state index contributed by atoms with van der Waals surface area (Å²) in [5.41, 5.74) is 0. The maximum atomic E-state index is 2.42. The molecule has 0 aliphatic heterocycles. The maximum Gasteiger partial charge on any atom is 0.107 e. The average Bonchev–Trinajstić information content (AvgIpc) is 1.87. The molecule has 0 aliphatic rings. The molecule has 0 rings (SSSR count). The highest BCUT2D eigenvalue weighted by Gasteiger charge is 2.08. The predicted molar refractivity (Wildman–Crippen MR) is 54.9 cm³/mol. The van der Waals surface area contributed by atoms with Crippen LogP contribution in [0.3, 0.4) is 0 Å². The van der Waals surface area contributed by atoms with Gasteiger partial charge in [-0.15, -0.1) is 0 Å². The zero-order valence-electron chi connectivity index (χ0n) is 8.72. The average molecular weight is 155 g/mol. The molecular formula is C9H22BN. The highest BCUT2D eigenvalue weighted by molar-refractivity contribution is 6.11. The molecule has 0 aromatic carbocycles. The summed E-state index contributed by atoms with van der Waals surface area (Å²) in [5, 5.41) is 0. The van der Waals surface area contributed by atoms with Crippen molar-refractivity contribution in [2.75, 3.05) is 20.1 Å². The molecule has 1 atom stereocenters. The fourth-order valence-electron chi connectivity index (χ4n) is 1.18. The van der Waals surface area contributed by atoms with Gasteiger partial charge in [0.15, 0.2) is 0 Å². The van der Waals surface area contributed by atoms with Crippen molar-refractivity contribution in [3.8, 4) is 0 Å². The van der Waals surface area contributed by atoms with E-state index in [1.165, 1.54) is 19.5 Å². The van der Waals surface area contributed by atoms with Crippen LogP contribution >= 0.6 is 0 Å². The van der Waals surface area contributed by atoms with E-state index >= 15 is 0 Å². The molecule has 11 heavy (non-hydrogen) atoms. The van der Waals surface area contributed by atoms with Crippen molar-refractivity contribution >= 4 is 7.85 Å². The summed E-state index contributed by atoms with van der Waals surface area (Å²) in [6.45, 7) is 9.30. The van der Waals surface area contributed by atoms with E-state index in [2.05, 4.69) is 40.6 Å². The van der Waals surface area contributed by atoms with E-state index < -0.39 is 0 Å². The van der Waals surface area contributed by atoms with Crippen molar-refractivity contribution in [3.05, 3.63) is 0 Å². The molecule has 0 radical (unpaired) electrons. The molecule has 66 valence electrons. The van der Waals surface area contributed by atoms with Gasteiger partial charge in [-0.2, -0.15) is 0 Å². The topological polar surface area (TPSA) is 3.24 Å². The molecule has 0 aromatic rings. The molecule has 0 N–H and O–H groups in total. The lowest BCUT2D eigenvalue weighted by atomic mass is 9.78. The standard InChI is InChI=1S/C9H22BN/c1-5-6-11(4)7-9(10)8(2)3/h8-9H,5-7,10H2,1-4H3/t9-/m1/s1. The van der Waals surface area contributed by atoms with Gasteiger partial charge in [-0.3, -0.25) is 0 Å². The van der Waals surface area contributed by atoms with Crippen molar-refractivity contribution < 1.29 is 0 Å². The lowest BCUT2D eigenvalue weighted by Gasteiger charge is -2.23. The highest BCUT2D eigenvalue weighted by atomic mass is 15.1. The Bertz CT molecular complexity index is 93.6. The van der Waals surface area contributed by atoms with Gasteiger partial charge >= 0.3 is 0 Å². The Hall–Kier alpha value is 0.0249. The molecule has 0 aromatic heterocycles. The summed E-state index contributed by atoms with van der Waals surface area (Å²) in [6, 6.07) is 0. The summed E-state index contributed by atoms with van der Waals surface area (Å²) in [4.78, 5) is 2.42. The minimum atomic E-state index is 0.814. The van der Waals surface area contributed by atoms with Crippen LogP contribution in [-0.4, -0.2) is 32.9 Å². The van der Waals surface area contributed by atoms with Gasteiger partial charge in [-0.05, 0) is 26.6 Å². The molecule has 0 unspecified atom stereocenters. The Kier molecular flexibility index (Phi) is 5.66. The van der Waals surface area contributed by atoms with Crippen molar-refractivity contribution in [2.24, 2.45) is 5.92 Å². The van der Waals surface area contributed by atoms with E-state index in [1.54, 1.807) is 0 Å². The first-order valence-corrected chi connectivity index (χ1v) is 4.76. The van der Waals surface area contributed by atoms with Crippen LogP contribution in [-0.2, 0) is 0 Å². The Morgan fingerprint density at radius 1 is 1.36 bits per heavy atom. The van der Waals surface area contributed by atoms with Crippen LogP contribution in [0.2, 0.25) is 5.82 Å². The van der Waals surface area contributed by atoms with Crippen molar-refractivity contribution in [1.29, 1.82) is 0 Å². The van der Waals surface area contributed by atoms with Crippen molar-refractivity contribution in [2.45, 2.75) is 33.0 Å². The second-order valence-corrected chi connectivity index (χ2v) is 3.98. The molecule has 0 spiro atoms. The van der Waals surface area contributed by atoms with Gasteiger partial charge in [-0.1, -0.05) is 32.5 Å². The lowest BCUT2D eigenvalue weighted by Crippen LogP contribution is -2.25. The number of rotatable bonds is 5. The Morgan fingerprint density at radius 2 is 1.91 bits per heavy atom. The summed E-state index contributed by atoms with van der Waals surface area (Å²) in [5.74, 6) is 1.64. The summed E-state index contributed by atoms with van der Waals surface area (Å²) in [6.07, 6.45) is 1.27. The molecule has 0 bridgehead atoms. The monoisotopic (exact) mass is 155 g/mol. The normalized spacial score (nSPS) is 14.4. The van der Waals surface area contributed by atoms with Gasteiger partial charge in [0.1, 0.15) is 7.85 Å². The van der Waals surface area contributed by atoms with Crippen molar-refractivity contribution in [3.63, 3.8) is 0 Å². The first-order chi connectivity index (χ1) is 5.07. The van der Waals surface area contributed by atoms with E-state index in [0.717, 1.165) is 11.7 Å². The van der Waals surface area contributed by atoms with Crippen LogP contribution in [0.15, 0.2) is 0 Å². The Morgan fingerprint density at radius 3 is 2.27 bits per heavy atom. The molecule has 0 heterocycles. The zero-order chi connectivity index (χ0) is 8.85. The maximum absolute atomic E-state index is 2.42. The molecule has 0 aliphatic carbocycles. The lowest BCUT2D eigenvalue weighted by molar-refractivity contribution is 0.311. The quantitative estimate of drug-likeness (QED) is 0.542. The molecular weight excluding hydrogens is 133 g/mol. The van der Waals surface area contributed by atoms with Gasteiger partial charge in [-0.25, -0.2) is 0 Å². The Balaban J connectivity index is 3.48. The molecule has 0 saturated carbocycles. The van der Waals surface area contributed by atoms with Crippen LogP contribution in [0.4, 0.5) is 0 Å². The summed E-state index contributed by atoms with van der Waals surface area (Å²) >= 11 is 0. The highest BCUT2D eigenvalue weighted by Crippen LogP contribution is 2.13. The van der Waals surface area contributed by atoms with Crippen molar-refractivity contribution in [1.82, 2.24) is 4.90 Å². The first kappa shape index (κ1) is 11.0. The number of hydrogen-bond acceptors (Lipinski definition) is 1. The minimum Gasteiger partial charge on any atom is -0.307 e. The largest absolute Gasteiger partial charge is 0.307 e. The SMILES string of the molecule is B[C@H](CN(C)CCC)C(C)C. The molecule has 0 saturated heterocycles. The first-order valence-electron chi connectivity index (χ1n) is 4.76. The predicted octanol–water partition coefficient (Wildman–Crippen LogP) is 1.41. The molecule has 0 fully saturated rings. The molecule has 1 nitrogen and oxygen atoms in total. The van der Waals surface area contributed by atoms with Gasteiger partial charge in [0.2, 0.25) is 0 Å². The van der Waals surface area contributed by atoms with Crippen LogP contribution in [0.5, 0.6) is 0 Å². The van der Waals surface area contributed by atoms with Crippen LogP contribution in [0, 0.1) is 5.92 Å². The van der Waals surface area contributed by atoms with E-state index in [1.807, 2.05) is 0 Å². The van der Waals surface area contributed by atoms with E-state index in [0.29, 0.717) is 0 Å². The second-order valence-electron chi connectivity index (χ2n) is 3.98. The summed E-state index contributed by atoms with van der Waals surface area (Å²) in [7, 11) is 4.54. The van der Waals surface area contributed by atoms with Crippen LogP contribution in [0.25, 0.3) is 0 Å². The third-order valence-electron chi connectivity index (χ3n) is 2.34. The second kappa shape index (κ2) is 5.65. The number of hydrogen-bond donors (Lipinski definition) is 0. The van der Waals surface area contributed by atoms with E-state index in [9.17, 15) is 0 Å². The molecule has 0 amide bonds. The van der Waals surface area contributed by atoms with Gasteiger partial charge in [0.25, 0.3) is 0 Å². The van der Waals surface area contributed by atoms with Gasteiger partial charge < -0.3 is 4.90 Å². The number of nitrogens with zero attached hydrogens (tertiary/aromatic N) is 1. The fraction of sp³-hybridized carbons (Fsp3) is 1.00. The Labute approximate surface area is 72.6 Å². The molecule has 2 heteroatoms. The third kappa shape index (κ3) is 5.31. The third-order valence-corrected chi connectivity index (χ3v) is 2.34. The minimum absolute atomic E-state index is 0.814. The van der Waals surface area contributed by atoms with Crippen LogP contribution < -0.4 is 0 Å². The van der Waals surface area contributed by atoms with Gasteiger partial charge in [0, 0.05) is 0 Å². The zero-order valence-corrected chi connectivity index (χ0v) is 8.72. The fourth-order valence-corrected chi connectivity index (χ4v) is 1.18.